The minimum Gasteiger partial charge on any atom is -0.465 e. The molecule has 1 aromatic carbocycles. The van der Waals surface area contributed by atoms with Crippen LogP contribution >= 0.6 is 7.94 Å². The van der Waals surface area contributed by atoms with Gasteiger partial charge in [0.05, 0.1) is 46.7 Å². The van der Waals surface area contributed by atoms with E-state index in [-0.39, 0.29) is 52.3 Å². The maximum atomic E-state index is 12.6. The van der Waals surface area contributed by atoms with Gasteiger partial charge < -0.3 is 9.84 Å². The third kappa shape index (κ3) is 3.85. The summed E-state index contributed by atoms with van der Waals surface area (Å²) in [6.07, 6.45) is 0.564. The molecule has 2 heterocycles. The lowest BCUT2D eigenvalue weighted by Gasteiger charge is -2.25. The van der Waals surface area contributed by atoms with Gasteiger partial charge in [-0.15, -0.1) is 0 Å². The van der Waals surface area contributed by atoms with Crippen molar-refractivity contribution in [2.45, 2.75) is 20.0 Å². The van der Waals surface area contributed by atoms with Crippen LogP contribution in [0.2, 0.25) is 0 Å². The number of para-hydroxylation sites is 1. The van der Waals surface area contributed by atoms with Crippen LogP contribution in [0.5, 0.6) is 0 Å². The number of hydrogen-bond donors (Lipinski definition) is 2. The first-order valence-electron chi connectivity index (χ1n) is 8.72. The molecule has 11 heteroatoms. The van der Waals surface area contributed by atoms with E-state index >= 15 is 0 Å². The van der Waals surface area contributed by atoms with Crippen molar-refractivity contribution in [3.05, 3.63) is 51.3 Å². The van der Waals surface area contributed by atoms with Crippen molar-refractivity contribution in [3.63, 3.8) is 0 Å². The van der Waals surface area contributed by atoms with E-state index < -0.39 is 25.4 Å². The number of aliphatic hydroxyl groups is 1. The summed E-state index contributed by atoms with van der Waals surface area (Å²) in [5, 5.41) is 21.5. The van der Waals surface area contributed by atoms with E-state index in [1.54, 1.807) is 13.0 Å². The topological polar surface area (TPSA) is 141 Å². The van der Waals surface area contributed by atoms with Crippen LogP contribution in [0.4, 0.5) is 5.69 Å². The van der Waals surface area contributed by atoms with Gasteiger partial charge in [0.15, 0.2) is 0 Å². The highest BCUT2D eigenvalue weighted by atomic mass is 31.2. The Morgan fingerprint density at radius 3 is 2.59 bits per heavy atom. The highest BCUT2D eigenvalue weighted by Gasteiger charge is 2.52. The Bertz CT molecular complexity index is 959. The van der Waals surface area contributed by atoms with E-state index in [4.69, 9.17) is 13.8 Å². The van der Waals surface area contributed by atoms with Crippen LogP contribution < -0.4 is 5.30 Å². The normalized spacial score (nSPS) is 15.7. The third-order valence-corrected chi connectivity index (χ3v) is 6.61. The van der Waals surface area contributed by atoms with Crippen LogP contribution in [-0.4, -0.2) is 46.2 Å². The first kappa shape index (κ1) is 21.2. The number of benzene rings is 1. The molecular formula is C18H20N2O8P+. The number of aliphatic hydroxyl groups excluding tert-OH is 1. The molecule has 1 aromatic heterocycles. The molecule has 0 spiro atoms. The number of methoxy groups -OCH3 is 1. The molecule has 154 valence electrons. The van der Waals surface area contributed by atoms with Crippen molar-refractivity contribution in [2.24, 2.45) is 0 Å². The number of hydrogen-bond acceptors (Lipinski definition) is 9. The first-order chi connectivity index (χ1) is 13.8. The number of ether oxygens (including phenoxy) is 1. The molecule has 2 N–H and O–H groups in total. The molecule has 29 heavy (non-hydrogen) atoms. The van der Waals surface area contributed by atoms with Crippen molar-refractivity contribution < 1.29 is 33.5 Å². The molecule has 0 amide bonds. The number of rotatable bonds is 5. The number of nitro groups is 1. The van der Waals surface area contributed by atoms with E-state index in [0.29, 0.717) is 6.42 Å². The maximum Gasteiger partial charge on any atom is 0.448 e. The Hall–Kier alpha value is -2.49. The summed E-state index contributed by atoms with van der Waals surface area (Å²) in [7, 11) is -2.55. The highest BCUT2D eigenvalue weighted by molar-refractivity contribution is 7.69. The zero-order valence-corrected chi connectivity index (χ0v) is 16.7. The summed E-state index contributed by atoms with van der Waals surface area (Å²) in [5.41, 5.74) is -0.215. The molecule has 1 aliphatic rings. The van der Waals surface area contributed by atoms with Gasteiger partial charge in [0.25, 0.3) is 5.69 Å². The van der Waals surface area contributed by atoms with Crippen LogP contribution in [0.15, 0.2) is 24.3 Å². The van der Waals surface area contributed by atoms with Crippen LogP contribution in [0, 0.1) is 17.0 Å². The lowest BCUT2D eigenvalue weighted by molar-refractivity contribution is -0.384. The molecule has 0 radical (unpaired) electrons. The zero-order chi connectivity index (χ0) is 21.2. The zero-order valence-electron chi connectivity index (χ0n) is 15.8. The number of esters is 1. The Morgan fingerprint density at radius 1 is 1.34 bits per heavy atom. The largest absolute Gasteiger partial charge is 0.465 e. The van der Waals surface area contributed by atoms with E-state index in [9.17, 15) is 24.9 Å². The molecule has 0 atom stereocenters. The van der Waals surface area contributed by atoms with Crippen molar-refractivity contribution in [3.8, 4) is 11.1 Å². The number of carbonyl (C=O) groups is 1. The molecule has 0 bridgehead atoms. The number of aryl methyl sites for hydroxylation is 1. The fraction of sp³-hybridized carbons (Fsp3) is 0.333. The van der Waals surface area contributed by atoms with Gasteiger partial charge in [-0.3, -0.25) is 15.1 Å². The summed E-state index contributed by atoms with van der Waals surface area (Å²) >= 11 is 0. The number of nitro benzene ring substituents is 1. The number of carbonyl (C=O) groups excluding carboxylic acids is 1. The van der Waals surface area contributed by atoms with Gasteiger partial charge in [-0.25, -0.2) is 4.79 Å². The van der Waals surface area contributed by atoms with Crippen LogP contribution in [0.1, 0.15) is 28.2 Å². The minimum absolute atomic E-state index is 0.0124. The predicted octanol–water partition coefficient (Wildman–Crippen LogP) is 2.06. The molecule has 1 fully saturated rings. The second-order valence-corrected chi connectivity index (χ2v) is 8.21. The minimum atomic E-state index is -3.69. The fourth-order valence-electron chi connectivity index (χ4n) is 3.25. The van der Waals surface area contributed by atoms with E-state index in [0.717, 1.165) is 7.11 Å². The molecule has 0 unspecified atom stereocenters. The number of aromatic nitrogens is 1. The van der Waals surface area contributed by atoms with Gasteiger partial charge in [-0.05, 0) is 13.0 Å². The summed E-state index contributed by atoms with van der Waals surface area (Å²) < 4.78 is 16.0. The van der Waals surface area contributed by atoms with E-state index in [1.807, 2.05) is 0 Å². The van der Waals surface area contributed by atoms with E-state index in [1.165, 1.54) is 18.2 Å². The maximum absolute atomic E-state index is 12.6. The van der Waals surface area contributed by atoms with Crippen molar-refractivity contribution in [1.82, 2.24) is 4.98 Å². The van der Waals surface area contributed by atoms with Gasteiger partial charge in [0.1, 0.15) is 13.2 Å². The van der Waals surface area contributed by atoms with Crippen molar-refractivity contribution in [2.75, 3.05) is 20.3 Å². The third-order valence-electron chi connectivity index (χ3n) is 4.43. The average molecular weight is 423 g/mol. The molecule has 0 aliphatic carbocycles. The second kappa shape index (κ2) is 8.48. The van der Waals surface area contributed by atoms with Crippen molar-refractivity contribution >= 4 is 24.9 Å². The van der Waals surface area contributed by atoms with Gasteiger partial charge in [0, 0.05) is 12.5 Å². The fourth-order valence-corrected chi connectivity index (χ4v) is 5.30. The molecule has 3 rings (SSSR count). The standard InChI is InChI=1S/C18H20N2O8P/c1-11-17(29(25)27-8-5-9-28-29)15(12-6-3-4-7-14(12)20(23)24)16(18(22)26-2)13(10-21)19-11/h3-4,6-7,21,25H,5,8-10H2,1-2H3/q+1. The SMILES string of the molecule is COC(=O)c1c(CO)nc(C)c([P+]2(O)OCCCO2)c1-c1ccccc1[N+](=O)[O-]. The van der Waals surface area contributed by atoms with Crippen LogP contribution in [0.25, 0.3) is 11.1 Å². The molecule has 1 saturated heterocycles. The van der Waals surface area contributed by atoms with Crippen molar-refractivity contribution in [1.29, 1.82) is 0 Å². The molecule has 10 nitrogen and oxygen atoms in total. The summed E-state index contributed by atoms with van der Waals surface area (Å²) in [4.78, 5) is 39.1. The smallest absolute Gasteiger partial charge is 0.448 e. The number of nitrogens with zero attached hydrogens (tertiary/aromatic N) is 2. The van der Waals surface area contributed by atoms with Crippen LogP contribution in [-0.2, 0) is 20.4 Å². The lowest BCUT2D eigenvalue weighted by atomic mass is 9.96. The Morgan fingerprint density at radius 2 is 2.00 bits per heavy atom. The second-order valence-electron chi connectivity index (χ2n) is 6.21. The van der Waals surface area contributed by atoms with Gasteiger partial charge in [-0.1, -0.05) is 12.1 Å². The molecular weight excluding hydrogens is 403 g/mol. The Balaban J connectivity index is 2.47. The predicted molar refractivity (Wildman–Crippen MR) is 104 cm³/mol. The van der Waals surface area contributed by atoms with Gasteiger partial charge in [0.2, 0.25) is 5.30 Å². The monoisotopic (exact) mass is 423 g/mol. The highest BCUT2D eigenvalue weighted by Crippen LogP contribution is 2.60. The molecule has 1 aliphatic heterocycles. The Labute approximate surface area is 166 Å². The summed E-state index contributed by atoms with van der Waals surface area (Å²) in [5.74, 6) is -0.862. The Kier molecular flexibility index (Phi) is 6.21. The lowest BCUT2D eigenvalue weighted by Crippen LogP contribution is -2.29. The number of pyridine rings is 1. The van der Waals surface area contributed by atoms with Gasteiger partial charge >= 0.3 is 13.9 Å². The summed E-state index contributed by atoms with van der Waals surface area (Å²) in [6, 6.07) is 5.77. The quantitative estimate of drug-likeness (QED) is 0.320. The molecule has 0 saturated carbocycles. The molecule has 2 aromatic rings. The first-order valence-corrected chi connectivity index (χ1v) is 10.3. The van der Waals surface area contributed by atoms with E-state index in [2.05, 4.69) is 4.98 Å². The summed E-state index contributed by atoms with van der Waals surface area (Å²) in [6.45, 7) is 1.37. The average Bonchev–Trinajstić information content (AvgIpc) is 2.72. The van der Waals surface area contributed by atoms with Crippen LogP contribution in [0.3, 0.4) is 0 Å². The van der Waals surface area contributed by atoms with Gasteiger partial charge in [-0.2, -0.15) is 13.9 Å².